The number of hydrogen-bond acceptors (Lipinski definition) is 8. The summed E-state index contributed by atoms with van der Waals surface area (Å²) in [5, 5.41) is 5.68. The van der Waals surface area contributed by atoms with Gasteiger partial charge >= 0.3 is 0 Å². The molecule has 2 unspecified atom stereocenters. The first-order chi connectivity index (χ1) is 24.9. The van der Waals surface area contributed by atoms with Crippen molar-refractivity contribution < 1.29 is 35.9 Å². The Morgan fingerprint density at radius 1 is 0.577 bits per heavy atom. The maximum Gasteiger partial charge on any atom is 0.255 e. The highest BCUT2D eigenvalue weighted by Gasteiger charge is 2.27. The Hall–Kier alpha value is -4.44. The summed E-state index contributed by atoms with van der Waals surface area (Å²) >= 11 is 0. The topological polar surface area (TPSA) is 151 Å². The van der Waals surface area contributed by atoms with E-state index in [-0.39, 0.29) is 46.9 Å². The van der Waals surface area contributed by atoms with Crippen molar-refractivity contribution in [1.29, 1.82) is 0 Å². The van der Waals surface area contributed by atoms with Crippen molar-refractivity contribution in [3.05, 3.63) is 108 Å². The number of nitrogens with zero attached hydrogens (tertiary/aromatic N) is 2. The summed E-state index contributed by atoms with van der Waals surface area (Å²) in [6.07, 6.45) is 3.30. The highest BCUT2D eigenvalue weighted by Crippen LogP contribution is 2.25. The highest BCUT2D eigenvalue weighted by atomic mass is 32.2. The van der Waals surface area contributed by atoms with E-state index in [2.05, 4.69) is 10.6 Å². The van der Waals surface area contributed by atoms with Gasteiger partial charge in [0.1, 0.15) is 0 Å². The molecule has 2 amide bonds. The quantitative estimate of drug-likeness (QED) is 0.183. The Labute approximate surface area is 304 Å². The van der Waals surface area contributed by atoms with Crippen LogP contribution in [0.25, 0.3) is 11.1 Å². The van der Waals surface area contributed by atoms with Crippen LogP contribution in [0.4, 0.5) is 11.4 Å². The van der Waals surface area contributed by atoms with Gasteiger partial charge in [0.05, 0.1) is 22.0 Å². The first kappa shape index (κ1) is 37.3. The minimum atomic E-state index is -3.71. The Morgan fingerprint density at radius 2 is 0.923 bits per heavy atom. The van der Waals surface area contributed by atoms with Crippen molar-refractivity contribution in [2.75, 3.05) is 51.0 Å². The zero-order valence-electron chi connectivity index (χ0n) is 29.0. The van der Waals surface area contributed by atoms with Gasteiger partial charge in [-0.3, -0.25) is 9.59 Å². The van der Waals surface area contributed by atoms with E-state index in [1.807, 2.05) is 24.3 Å². The Kier molecular flexibility index (Phi) is 11.5. The zero-order chi connectivity index (χ0) is 36.9. The lowest BCUT2D eigenvalue weighted by atomic mass is 10.0. The lowest BCUT2D eigenvalue weighted by Gasteiger charge is -2.20. The molecule has 12 nitrogen and oxygen atoms in total. The third kappa shape index (κ3) is 8.77. The van der Waals surface area contributed by atoms with Gasteiger partial charge in [-0.2, -0.15) is 8.61 Å². The molecule has 2 aliphatic heterocycles. The van der Waals surface area contributed by atoms with Gasteiger partial charge in [0, 0.05) is 62.9 Å². The van der Waals surface area contributed by atoms with Crippen LogP contribution in [0, 0.1) is 0 Å². The highest BCUT2D eigenvalue weighted by molar-refractivity contribution is 7.89. The average molecular weight is 747 g/mol. The molecule has 0 saturated carbocycles. The number of carbonyl (C=O) groups excluding carboxylic acids is 2. The molecule has 2 saturated heterocycles. The van der Waals surface area contributed by atoms with Crippen LogP contribution in [0.15, 0.2) is 107 Å². The maximum absolute atomic E-state index is 13.0. The molecule has 0 aliphatic carbocycles. The normalized spacial score (nSPS) is 17.8. The van der Waals surface area contributed by atoms with E-state index in [1.54, 1.807) is 24.3 Å². The lowest BCUT2D eigenvalue weighted by molar-refractivity contribution is 0.0978. The molecule has 0 spiro atoms. The largest absolute Gasteiger partial charge is 0.377 e. The summed E-state index contributed by atoms with van der Waals surface area (Å²) in [5.41, 5.74) is 3.55. The van der Waals surface area contributed by atoms with Crippen molar-refractivity contribution in [3.63, 3.8) is 0 Å². The van der Waals surface area contributed by atoms with Gasteiger partial charge in [-0.25, -0.2) is 16.8 Å². The Balaban J connectivity index is 1.01. The fourth-order valence-electron chi connectivity index (χ4n) is 6.16. The zero-order valence-corrected chi connectivity index (χ0v) is 30.7. The van der Waals surface area contributed by atoms with Crippen molar-refractivity contribution >= 4 is 43.2 Å². The first-order valence-electron chi connectivity index (χ1n) is 17.1. The summed E-state index contributed by atoms with van der Waals surface area (Å²) in [7, 11) is -4.37. The van der Waals surface area contributed by atoms with E-state index >= 15 is 0 Å². The average Bonchev–Trinajstić information content (AvgIpc) is 3.87. The van der Waals surface area contributed by atoms with Crippen LogP contribution in [-0.2, 0) is 29.5 Å². The molecular weight excluding hydrogens is 705 g/mol. The summed E-state index contributed by atoms with van der Waals surface area (Å²) < 4.78 is 65.7. The maximum atomic E-state index is 13.0. The fraction of sp³-hybridized carbons (Fsp3) is 0.316. The molecule has 0 aromatic heterocycles. The molecule has 14 heteroatoms. The second-order valence-electron chi connectivity index (χ2n) is 13.0. The molecule has 2 fully saturated rings. The van der Waals surface area contributed by atoms with Crippen LogP contribution >= 0.6 is 0 Å². The Morgan fingerprint density at radius 3 is 1.23 bits per heavy atom. The smallest absolute Gasteiger partial charge is 0.255 e. The second-order valence-corrected chi connectivity index (χ2v) is 17.0. The van der Waals surface area contributed by atoms with Gasteiger partial charge in [0.2, 0.25) is 20.0 Å². The fourth-order valence-corrected chi connectivity index (χ4v) is 8.57. The van der Waals surface area contributed by atoms with Crippen molar-refractivity contribution in [1.82, 2.24) is 8.61 Å². The van der Waals surface area contributed by atoms with Gasteiger partial charge in [-0.05, 0) is 110 Å². The summed E-state index contributed by atoms with van der Waals surface area (Å²) in [4.78, 5) is 26.0. The standard InChI is InChI=1S/C38H42N4O8S2/c1-41(25-33-5-3-23-49-33)51(45,46)35-19-11-29(12-20-35)37(43)39-31-15-7-27(8-16-31)28-9-17-32(18-10-28)40-38(44)30-13-21-36(22-14-30)52(47,48)42(2)26-34-6-4-24-50-34/h7-22,33-34H,3-6,23-26H2,1-2H3,(H,39,43)(H,40,44). The van der Waals surface area contributed by atoms with Crippen LogP contribution in [0.5, 0.6) is 0 Å². The van der Waals surface area contributed by atoms with E-state index in [1.165, 1.54) is 71.2 Å². The first-order valence-corrected chi connectivity index (χ1v) is 20.0. The number of benzene rings is 4. The number of likely N-dealkylation sites (N-methyl/N-ethyl adjacent to an activating group) is 2. The molecule has 52 heavy (non-hydrogen) atoms. The lowest BCUT2D eigenvalue weighted by Crippen LogP contribution is -2.34. The molecule has 2 heterocycles. The number of nitrogens with one attached hydrogen (secondary N) is 2. The minimum Gasteiger partial charge on any atom is -0.377 e. The number of rotatable bonds is 13. The molecule has 2 atom stereocenters. The molecule has 0 radical (unpaired) electrons. The minimum absolute atomic E-state index is 0.106. The number of amides is 2. The molecule has 6 rings (SSSR count). The van der Waals surface area contributed by atoms with Crippen LogP contribution in [-0.4, -0.2) is 89.9 Å². The predicted molar refractivity (Wildman–Crippen MR) is 198 cm³/mol. The van der Waals surface area contributed by atoms with Crippen molar-refractivity contribution in [2.24, 2.45) is 0 Å². The van der Waals surface area contributed by atoms with E-state index in [0.29, 0.717) is 35.7 Å². The molecule has 2 aliphatic rings. The van der Waals surface area contributed by atoms with Crippen LogP contribution < -0.4 is 10.6 Å². The molecule has 4 aromatic carbocycles. The SMILES string of the molecule is CN(CC1CCCO1)S(=O)(=O)c1ccc(C(=O)Nc2ccc(-c3ccc(NC(=O)c4ccc(S(=O)(=O)N(C)CC5CCCO5)cc4)cc3)cc2)cc1. The van der Waals surface area contributed by atoms with E-state index in [4.69, 9.17) is 9.47 Å². The van der Waals surface area contributed by atoms with Gasteiger partial charge in [-0.1, -0.05) is 24.3 Å². The third-order valence-corrected chi connectivity index (χ3v) is 12.9. The van der Waals surface area contributed by atoms with Gasteiger partial charge < -0.3 is 20.1 Å². The third-order valence-electron chi connectivity index (χ3n) is 9.24. The number of ether oxygens (including phenoxy) is 2. The number of sulfonamides is 2. The molecule has 0 bridgehead atoms. The van der Waals surface area contributed by atoms with Gasteiger partial charge in [-0.15, -0.1) is 0 Å². The van der Waals surface area contributed by atoms with Gasteiger partial charge in [0.25, 0.3) is 11.8 Å². The summed E-state index contributed by atoms with van der Waals surface area (Å²) in [5.74, 6) is -0.745. The summed E-state index contributed by atoms with van der Waals surface area (Å²) in [6.45, 7) is 1.85. The Bertz CT molecular complexity index is 1930. The molecule has 4 aromatic rings. The van der Waals surface area contributed by atoms with Crippen LogP contribution in [0.1, 0.15) is 46.4 Å². The molecular formula is C38H42N4O8S2. The predicted octanol–water partition coefficient (Wildman–Crippen LogP) is 5.46. The number of hydrogen-bond donors (Lipinski definition) is 2. The summed E-state index contributed by atoms with van der Waals surface area (Å²) in [6, 6.07) is 26.2. The molecule has 2 N–H and O–H groups in total. The van der Waals surface area contributed by atoms with E-state index in [9.17, 15) is 26.4 Å². The van der Waals surface area contributed by atoms with E-state index in [0.717, 1.165) is 36.8 Å². The van der Waals surface area contributed by atoms with E-state index < -0.39 is 20.0 Å². The van der Waals surface area contributed by atoms with Crippen molar-refractivity contribution in [2.45, 2.75) is 47.7 Å². The van der Waals surface area contributed by atoms with Gasteiger partial charge in [0.15, 0.2) is 0 Å². The van der Waals surface area contributed by atoms with Crippen molar-refractivity contribution in [3.8, 4) is 11.1 Å². The van der Waals surface area contributed by atoms with Crippen LogP contribution in [0.2, 0.25) is 0 Å². The number of carbonyl (C=O) groups is 2. The monoisotopic (exact) mass is 746 g/mol. The second kappa shape index (κ2) is 16.1. The molecule has 274 valence electrons. The number of anilines is 2. The van der Waals surface area contributed by atoms with Crippen LogP contribution in [0.3, 0.4) is 0 Å².